The summed E-state index contributed by atoms with van der Waals surface area (Å²) in [6, 6.07) is 3.52. The van der Waals surface area contributed by atoms with Crippen LogP contribution in [0.4, 0.5) is 0 Å². The molecule has 2 aliphatic rings. The van der Waals surface area contributed by atoms with Gasteiger partial charge in [0.2, 0.25) is 11.4 Å². The molecule has 32 heavy (non-hydrogen) atoms. The second-order valence-electron chi connectivity index (χ2n) is 6.97. The first-order valence-electron chi connectivity index (χ1n) is 9.33. The van der Waals surface area contributed by atoms with Gasteiger partial charge in [0, 0.05) is 30.2 Å². The van der Waals surface area contributed by atoms with Crippen molar-refractivity contribution < 1.29 is 38.7 Å². The lowest BCUT2D eigenvalue weighted by Gasteiger charge is -2.56. The number of thioether (sulfide) groups is 1. The summed E-state index contributed by atoms with van der Waals surface area (Å²) >= 11 is 2.44. The summed E-state index contributed by atoms with van der Waals surface area (Å²) in [6.07, 6.45) is -0.0482. The van der Waals surface area contributed by atoms with Gasteiger partial charge in [0.15, 0.2) is 0 Å². The average Bonchev–Trinajstić information content (AvgIpc) is 3.26. The van der Waals surface area contributed by atoms with Crippen LogP contribution in [0.1, 0.15) is 11.8 Å². The highest BCUT2D eigenvalue weighted by Gasteiger charge is 2.70. The van der Waals surface area contributed by atoms with E-state index in [2.05, 4.69) is 5.32 Å². The van der Waals surface area contributed by atoms with Gasteiger partial charge < -0.3 is 15.2 Å². The number of thiophene rings is 1. The van der Waals surface area contributed by atoms with Crippen LogP contribution < -0.4 is 5.32 Å². The highest BCUT2D eigenvalue weighted by molar-refractivity contribution is 8.00. The Morgan fingerprint density at radius 2 is 2.09 bits per heavy atom. The fourth-order valence-electron chi connectivity index (χ4n) is 3.45. The van der Waals surface area contributed by atoms with Gasteiger partial charge in [-0.15, -0.1) is 23.1 Å². The maximum absolute atomic E-state index is 13.3. The van der Waals surface area contributed by atoms with Crippen molar-refractivity contribution in [1.82, 2.24) is 15.3 Å². The number of esters is 1. The van der Waals surface area contributed by atoms with Gasteiger partial charge in [-0.3, -0.25) is 28.9 Å². The van der Waals surface area contributed by atoms with Crippen molar-refractivity contribution >= 4 is 52.8 Å². The number of hydrogen-bond acceptors (Lipinski definition) is 9. The van der Waals surface area contributed by atoms with Gasteiger partial charge in [-0.05, 0) is 11.4 Å². The number of carbonyl (C=O) groups is 5. The molecular weight excluding hydrogens is 462 g/mol. The van der Waals surface area contributed by atoms with E-state index >= 15 is 0 Å². The normalized spacial score (nSPS) is 22.0. The maximum Gasteiger partial charge on any atom is 0.352 e. The molecule has 1 saturated heterocycles. The van der Waals surface area contributed by atoms with Gasteiger partial charge in [0.05, 0.1) is 13.5 Å². The summed E-state index contributed by atoms with van der Waals surface area (Å²) in [7, 11) is 2.52. The number of β-lactam (4-membered cyclic amide) rings is 1. The van der Waals surface area contributed by atoms with Gasteiger partial charge >= 0.3 is 11.9 Å². The monoisotopic (exact) mass is 483 g/mol. The second kappa shape index (κ2) is 9.30. The minimum Gasteiger partial charge on any atom is -0.477 e. The molecule has 172 valence electrons. The fraction of sp³-hybridized carbons (Fsp3) is 0.421. The third-order valence-electron chi connectivity index (χ3n) is 4.95. The summed E-state index contributed by atoms with van der Waals surface area (Å²) in [6.45, 7) is 0.881. The number of carboxylic acid groups (broad SMARTS) is 1. The molecule has 0 aliphatic carbocycles. The number of carboxylic acids is 1. The Morgan fingerprint density at radius 3 is 2.66 bits per heavy atom. The van der Waals surface area contributed by atoms with E-state index in [-0.39, 0.29) is 30.1 Å². The summed E-state index contributed by atoms with van der Waals surface area (Å²) in [5.41, 5.74) is -2.18. The third kappa shape index (κ3) is 4.10. The van der Waals surface area contributed by atoms with Crippen molar-refractivity contribution in [2.45, 2.75) is 24.3 Å². The highest BCUT2D eigenvalue weighted by Crippen LogP contribution is 2.47. The van der Waals surface area contributed by atoms with Crippen LogP contribution in [0.2, 0.25) is 0 Å². The van der Waals surface area contributed by atoms with Crippen molar-refractivity contribution in [3.05, 3.63) is 33.7 Å². The van der Waals surface area contributed by atoms with Crippen molar-refractivity contribution in [2.75, 3.05) is 26.5 Å². The second-order valence-corrected chi connectivity index (χ2v) is 9.07. The number of hydrogen-bond donors (Lipinski definition) is 2. The molecule has 1 aromatic heterocycles. The average molecular weight is 484 g/mol. The zero-order chi connectivity index (χ0) is 23.6. The van der Waals surface area contributed by atoms with Crippen LogP contribution in [0.25, 0.3) is 0 Å². The molecule has 2 N–H and O–H groups in total. The maximum atomic E-state index is 13.3. The van der Waals surface area contributed by atoms with E-state index in [1.807, 2.05) is 0 Å². The van der Waals surface area contributed by atoms with E-state index in [1.165, 1.54) is 32.4 Å². The van der Waals surface area contributed by atoms with Crippen molar-refractivity contribution in [2.24, 2.45) is 0 Å². The molecule has 0 spiro atoms. The first kappa shape index (κ1) is 23.8. The van der Waals surface area contributed by atoms with Crippen LogP contribution in [0.3, 0.4) is 0 Å². The van der Waals surface area contributed by atoms with Gasteiger partial charge in [0.1, 0.15) is 17.7 Å². The fourth-order valence-corrected chi connectivity index (χ4v) is 5.60. The molecule has 2 atom stereocenters. The molecule has 3 rings (SSSR count). The largest absolute Gasteiger partial charge is 0.477 e. The number of nitrogens with zero attached hydrogens (tertiary/aromatic N) is 2. The minimum atomic E-state index is -2.03. The van der Waals surface area contributed by atoms with Crippen LogP contribution in [-0.4, -0.2) is 82.2 Å². The van der Waals surface area contributed by atoms with Crippen molar-refractivity contribution in [3.8, 4) is 0 Å². The molecule has 13 heteroatoms. The summed E-state index contributed by atoms with van der Waals surface area (Å²) in [5, 5.41) is 13.9. The molecule has 11 nitrogen and oxygen atoms in total. The lowest BCUT2D eigenvalue weighted by Crippen LogP contribution is -2.84. The molecule has 3 heterocycles. The van der Waals surface area contributed by atoms with Crippen LogP contribution in [0.15, 0.2) is 28.8 Å². The first-order chi connectivity index (χ1) is 15.1. The van der Waals surface area contributed by atoms with Crippen molar-refractivity contribution in [3.63, 3.8) is 0 Å². The first-order valence-corrected chi connectivity index (χ1v) is 11.3. The Morgan fingerprint density at radius 1 is 1.38 bits per heavy atom. The van der Waals surface area contributed by atoms with E-state index in [1.54, 1.807) is 17.5 Å². The van der Waals surface area contributed by atoms with Crippen LogP contribution in [-0.2, 0) is 40.0 Å². The molecule has 3 amide bonds. The topological polar surface area (TPSA) is 143 Å². The van der Waals surface area contributed by atoms with Crippen LogP contribution >= 0.6 is 23.1 Å². The number of rotatable bonds is 8. The molecule has 1 aromatic rings. The smallest absolute Gasteiger partial charge is 0.352 e. The molecule has 2 aliphatic heterocycles. The Labute approximate surface area is 191 Å². The molecule has 0 bridgehead atoms. The summed E-state index contributed by atoms with van der Waals surface area (Å²) in [4.78, 5) is 68.9. The third-order valence-corrected chi connectivity index (χ3v) is 7.22. The van der Waals surface area contributed by atoms with Crippen LogP contribution in [0.5, 0.6) is 0 Å². The summed E-state index contributed by atoms with van der Waals surface area (Å²) < 4.78 is 4.91. The zero-order valence-corrected chi connectivity index (χ0v) is 19.1. The zero-order valence-electron chi connectivity index (χ0n) is 17.4. The van der Waals surface area contributed by atoms with E-state index in [9.17, 15) is 29.1 Å². The summed E-state index contributed by atoms with van der Waals surface area (Å²) in [5.74, 6) is -4.22. The van der Waals surface area contributed by atoms with Crippen LogP contribution in [0, 0.1) is 0 Å². The number of hydroxylamine groups is 2. The van der Waals surface area contributed by atoms with Gasteiger partial charge in [-0.1, -0.05) is 6.07 Å². The molecule has 0 radical (unpaired) electrons. The van der Waals surface area contributed by atoms with E-state index in [0.29, 0.717) is 0 Å². The van der Waals surface area contributed by atoms with E-state index < -0.39 is 40.6 Å². The van der Waals surface area contributed by atoms with Crippen molar-refractivity contribution in [1.29, 1.82) is 0 Å². The highest BCUT2D eigenvalue weighted by atomic mass is 32.2. The quantitative estimate of drug-likeness (QED) is 0.226. The lowest BCUT2D eigenvalue weighted by atomic mass is 9.84. The molecular formula is C19H21N3O8S2. The van der Waals surface area contributed by atoms with Gasteiger partial charge in [-0.25, -0.2) is 9.86 Å². The Bertz CT molecular complexity index is 993. The van der Waals surface area contributed by atoms with E-state index in [0.717, 1.165) is 26.6 Å². The standard InChI is InChI=1S/C19H21N3O8S2/c1-10(23)30-8-11-9-32-18-19(16(27)21(2)29-3,17(28)22(18)14(11)15(25)26)20-13(24)7-12-5-4-6-31-12/h4-6,18H,7-9H2,1-3H3,(H,20,24)(H,25,26)/t18-,19-/m1/s1. The Balaban J connectivity index is 1.95. The number of nitrogens with one attached hydrogen (secondary N) is 1. The number of carbonyl (C=O) groups excluding carboxylic acids is 4. The van der Waals surface area contributed by atoms with Gasteiger partial charge in [0.25, 0.3) is 11.8 Å². The van der Waals surface area contributed by atoms with E-state index in [4.69, 9.17) is 9.57 Å². The molecule has 0 saturated carbocycles. The number of likely N-dealkylation sites (N-methyl/N-ethyl adjacent to an activating group) is 1. The molecule has 1 fully saturated rings. The number of fused-ring (bicyclic) bond motifs is 1. The number of ether oxygens (including phenoxy) is 1. The lowest BCUT2D eigenvalue weighted by molar-refractivity contribution is -0.190. The molecule has 0 aromatic carbocycles. The number of aliphatic carboxylic acids is 1. The van der Waals surface area contributed by atoms with Gasteiger partial charge in [-0.2, -0.15) is 0 Å². The predicted octanol–water partition coefficient (Wildman–Crippen LogP) is -0.0177. The Kier molecular flexibility index (Phi) is 6.91. The predicted molar refractivity (Wildman–Crippen MR) is 113 cm³/mol. The number of amides is 3. The Hall–Kier alpha value is -2.90. The minimum absolute atomic E-state index is 0.0482. The SMILES string of the molecule is CON(C)C(=O)[C@@]1(NC(=O)Cc2cccs2)C(=O)N2C(C(=O)O)=C(COC(C)=O)CS[C@@H]21. The molecule has 0 unspecified atom stereocenters.